The molecule has 7 heteroatoms. The van der Waals surface area contributed by atoms with Crippen molar-refractivity contribution in [3.63, 3.8) is 0 Å². The van der Waals surface area contributed by atoms with E-state index in [1.807, 2.05) is 48.9 Å². The lowest BCUT2D eigenvalue weighted by atomic mass is 10.0. The van der Waals surface area contributed by atoms with Crippen molar-refractivity contribution in [2.24, 2.45) is 0 Å². The summed E-state index contributed by atoms with van der Waals surface area (Å²) >= 11 is 2.22. The van der Waals surface area contributed by atoms with E-state index in [2.05, 4.69) is 51.3 Å². The third kappa shape index (κ3) is 4.08. The lowest BCUT2D eigenvalue weighted by molar-refractivity contribution is 0.397. The van der Waals surface area contributed by atoms with Gasteiger partial charge in [0.1, 0.15) is 5.75 Å². The van der Waals surface area contributed by atoms with Gasteiger partial charge in [0.15, 0.2) is 0 Å². The smallest absolute Gasteiger partial charge is 0.232 e. The first kappa shape index (κ1) is 21.1. The van der Waals surface area contributed by atoms with E-state index in [0.29, 0.717) is 17.5 Å². The SMILES string of the molecule is CCC#Cc1c(Oc2ncccc2I)cc2c(c(C)nn2-c2ccc(OC)nc2)c1C. The van der Waals surface area contributed by atoms with Crippen LogP contribution in [0.2, 0.25) is 0 Å². The molecule has 6 nitrogen and oxygen atoms in total. The van der Waals surface area contributed by atoms with Crippen LogP contribution >= 0.6 is 22.6 Å². The van der Waals surface area contributed by atoms with Crippen molar-refractivity contribution in [3.05, 3.63) is 63.1 Å². The van der Waals surface area contributed by atoms with Crippen molar-refractivity contribution in [2.45, 2.75) is 27.2 Å². The van der Waals surface area contributed by atoms with Crippen LogP contribution in [-0.2, 0) is 0 Å². The van der Waals surface area contributed by atoms with Crippen molar-refractivity contribution in [1.82, 2.24) is 19.7 Å². The van der Waals surface area contributed by atoms with E-state index >= 15 is 0 Å². The molecule has 0 atom stereocenters. The summed E-state index contributed by atoms with van der Waals surface area (Å²) in [7, 11) is 1.60. The summed E-state index contributed by atoms with van der Waals surface area (Å²) in [5.74, 6) is 8.22. The molecule has 0 saturated heterocycles. The summed E-state index contributed by atoms with van der Waals surface area (Å²) in [5, 5.41) is 5.83. The molecular weight excluding hydrogens is 503 g/mol. The van der Waals surface area contributed by atoms with Crippen LogP contribution in [0.25, 0.3) is 16.6 Å². The maximum absolute atomic E-state index is 6.27. The molecule has 0 spiro atoms. The van der Waals surface area contributed by atoms with E-state index in [4.69, 9.17) is 14.6 Å². The van der Waals surface area contributed by atoms with Crippen LogP contribution < -0.4 is 9.47 Å². The molecular formula is C24H21IN4O2. The number of ether oxygens (including phenoxy) is 2. The summed E-state index contributed by atoms with van der Waals surface area (Å²) < 4.78 is 14.2. The van der Waals surface area contributed by atoms with Gasteiger partial charge in [0.2, 0.25) is 11.8 Å². The molecule has 0 aliphatic carbocycles. The van der Waals surface area contributed by atoms with E-state index in [0.717, 1.165) is 43.4 Å². The molecule has 4 rings (SSSR count). The monoisotopic (exact) mass is 524 g/mol. The fourth-order valence-corrected chi connectivity index (χ4v) is 3.88. The molecule has 0 saturated carbocycles. The lowest BCUT2D eigenvalue weighted by Crippen LogP contribution is -2.00. The van der Waals surface area contributed by atoms with Gasteiger partial charge in [-0.1, -0.05) is 18.8 Å². The van der Waals surface area contributed by atoms with Crippen molar-refractivity contribution in [2.75, 3.05) is 7.11 Å². The standard InChI is InChI=1S/C24H21IN4O2/c1-5-6-8-18-15(2)23-16(3)28-29(17-10-11-22(30-4)27-14-17)20(23)13-21(18)31-24-19(25)9-7-12-26-24/h7,9-14H,5H2,1-4H3. The molecule has 0 amide bonds. The molecule has 156 valence electrons. The molecule has 4 aromatic rings. The predicted molar refractivity (Wildman–Crippen MR) is 129 cm³/mol. The van der Waals surface area contributed by atoms with Crippen LogP contribution in [0.4, 0.5) is 0 Å². The summed E-state index contributed by atoms with van der Waals surface area (Å²) in [6.07, 6.45) is 4.22. The van der Waals surface area contributed by atoms with Crippen molar-refractivity contribution >= 4 is 33.5 Å². The Morgan fingerprint density at radius 2 is 2.00 bits per heavy atom. The Bertz CT molecular complexity index is 1320. The number of aryl methyl sites for hydroxylation is 2. The zero-order valence-electron chi connectivity index (χ0n) is 17.7. The predicted octanol–water partition coefficient (Wildman–Crippen LogP) is 5.60. The highest BCUT2D eigenvalue weighted by molar-refractivity contribution is 14.1. The molecule has 1 aromatic carbocycles. The first-order chi connectivity index (χ1) is 15.0. The minimum atomic E-state index is 0.551. The number of halogens is 1. The number of pyridine rings is 2. The number of methoxy groups -OCH3 is 1. The normalized spacial score (nSPS) is 10.6. The number of hydrogen-bond donors (Lipinski definition) is 0. The largest absolute Gasteiger partial charge is 0.481 e. The Morgan fingerprint density at radius 3 is 2.68 bits per heavy atom. The number of benzene rings is 1. The Labute approximate surface area is 194 Å². The maximum Gasteiger partial charge on any atom is 0.232 e. The second-order valence-corrected chi connectivity index (χ2v) is 8.03. The summed E-state index contributed by atoms with van der Waals surface area (Å²) in [4.78, 5) is 8.71. The van der Waals surface area contributed by atoms with Crippen LogP contribution in [0.3, 0.4) is 0 Å². The van der Waals surface area contributed by atoms with Crippen LogP contribution in [0.1, 0.15) is 30.2 Å². The molecule has 0 unspecified atom stereocenters. The number of aromatic nitrogens is 4. The Morgan fingerprint density at radius 1 is 1.16 bits per heavy atom. The van der Waals surface area contributed by atoms with E-state index < -0.39 is 0 Å². The third-order valence-corrected chi connectivity index (χ3v) is 5.68. The van der Waals surface area contributed by atoms with Crippen molar-refractivity contribution < 1.29 is 9.47 Å². The number of rotatable bonds is 4. The summed E-state index contributed by atoms with van der Waals surface area (Å²) in [6.45, 7) is 6.09. The van der Waals surface area contributed by atoms with Gasteiger partial charge in [0, 0.05) is 30.1 Å². The number of fused-ring (bicyclic) bond motifs is 1. The van der Waals surface area contributed by atoms with Gasteiger partial charge in [0.25, 0.3) is 0 Å². The lowest BCUT2D eigenvalue weighted by Gasteiger charge is -2.13. The van der Waals surface area contributed by atoms with Crippen LogP contribution in [0, 0.1) is 29.3 Å². The highest BCUT2D eigenvalue weighted by Crippen LogP contribution is 2.36. The molecule has 3 heterocycles. The van der Waals surface area contributed by atoms with Gasteiger partial charge in [-0.2, -0.15) is 5.10 Å². The average Bonchev–Trinajstić information content (AvgIpc) is 3.11. The highest BCUT2D eigenvalue weighted by Gasteiger charge is 2.19. The maximum atomic E-state index is 6.27. The van der Waals surface area contributed by atoms with Gasteiger partial charge in [-0.05, 0) is 60.2 Å². The fourth-order valence-electron chi connectivity index (χ4n) is 3.43. The Kier molecular flexibility index (Phi) is 6.09. The van der Waals surface area contributed by atoms with Crippen molar-refractivity contribution in [1.29, 1.82) is 0 Å². The molecule has 0 fully saturated rings. The van der Waals surface area contributed by atoms with Crippen molar-refractivity contribution in [3.8, 4) is 35.0 Å². The molecule has 0 bridgehead atoms. The van der Waals surface area contributed by atoms with Crippen LogP contribution in [-0.4, -0.2) is 26.9 Å². The Balaban J connectivity index is 1.95. The zero-order chi connectivity index (χ0) is 22.0. The molecule has 0 radical (unpaired) electrons. The molecule has 3 aromatic heterocycles. The van der Waals surface area contributed by atoms with Gasteiger partial charge in [0.05, 0.1) is 39.3 Å². The molecule has 31 heavy (non-hydrogen) atoms. The van der Waals surface area contributed by atoms with Gasteiger partial charge in [-0.15, -0.1) is 0 Å². The fraction of sp³-hybridized carbons (Fsp3) is 0.208. The van der Waals surface area contributed by atoms with E-state index in [1.165, 1.54) is 0 Å². The van der Waals surface area contributed by atoms with Gasteiger partial charge < -0.3 is 9.47 Å². The second kappa shape index (κ2) is 8.94. The second-order valence-electron chi connectivity index (χ2n) is 6.87. The quantitative estimate of drug-likeness (QED) is 0.257. The molecule has 0 aliphatic heterocycles. The zero-order valence-corrected chi connectivity index (χ0v) is 19.9. The Hall–Kier alpha value is -3.12. The van der Waals surface area contributed by atoms with Crippen LogP contribution in [0.15, 0.2) is 42.7 Å². The van der Waals surface area contributed by atoms with Crippen LogP contribution in [0.5, 0.6) is 17.5 Å². The van der Waals surface area contributed by atoms with Gasteiger partial charge in [-0.3, -0.25) is 0 Å². The number of hydrogen-bond acceptors (Lipinski definition) is 5. The number of nitrogens with zero attached hydrogens (tertiary/aromatic N) is 4. The average molecular weight is 524 g/mol. The van der Waals surface area contributed by atoms with E-state index in [-0.39, 0.29) is 0 Å². The van der Waals surface area contributed by atoms with E-state index in [9.17, 15) is 0 Å². The minimum absolute atomic E-state index is 0.551. The summed E-state index contributed by atoms with van der Waals surface area (Å²) in [6, 6.07) is 9.58. The molecule has 0 N–H and O–H groups in total. The first-order valence-electron chi connectivity index (χ1n) is 9.84. The van der Waals surface area contributed by atoms with Gasteiger partial charge >= 0.3 is 0 Å². The topological polar surface area (TPSA) is 62.1 Å². The molecule has 0 aliphatic rings. The third-order valence-electron chi connectivity index (χ3n) is 4.86. The summed E-state index contributed by atoms with van der Waals surface area (Å²) in [5.41, 5.74) is 4.56. The van der Waals surface area contributed by atoms with E-state index in [1.54, 1.807) is 19.5 Å². The highest BCUT2D eigenvalue weighted by atomic mass is 127. The first-order valence-corrected chi connectivity index (χ1v) is 10.9. The minimum Gasteiger partial charge on any atom is -0.481 e. The van der Waals surface area contributed by atoms with Gasteiger partial charge in [-0.25, -0.2) is 14.6 Å².